The lowest BCUT2D eigenvalue weighted by molar-refractivity contribution is -0.147. The number of nitrogens with zero attached hydrogens (tertiary/aromatic N) is 1. The molecule has 3 rings (SSSR count). The molecule has 1 aromatic rings. The van der Waals surface area contributed by atoms with Gasteiger partial charge in [0.1, 0.15) is 12.3 Å². The number of ether oxygens (including phenoxy) is 1. The maximum Gasteiger partial charge on any atom is 0.323 e. The number of rotatable bonds is 10. The summed E-state index contributed by atoms with van der Waals surface area (Å²) >= 11 is 4.03. The van der Waals surface area contributed by atoms with E-state index in [0.717, 1.165) is 17.0 Å². The van der Waals surface area contributed by atoms with Gasteiger partial charge in [-0.15, -0.1) is 0 Å². The minimum Gasteiger partial charge on any atom is -0.480 e. The standard InChI is InChI=1S/C15H19NO5S.C12H23N/c1-11(10-22)15(20)16(9-13(17)18)8-7-14(19)21-12-5-3-2-4-6-12;1-3-7-11(8-4-1)13-12-9-5-2-6-10-12/h2-6,11,22H,7-10H2,1H3,(H,17,18);11-13H,1-10H2. The monoisotopic (exact) mass is 506 g/mol. The Hall–Kier alpha value is -2.06. The molecule has 2 saturated carbocycles. The topological polar surface area (TPSA) is 95.9 Å². The molecule has 2 aliphatic rings. The van der Waals surface area contributed by atoms with Crippen molar-refractivity contribution in [1.82, 2.24) is 10.2 Å². The van der Waals surface area contributed by atoms with Crippen molar-refractivity contribution >= 4 is 30.5 Å². The maximum atomic E-state index is 12.0. The van der Waals surface area contributed by atoms with E-state index in [1.165, 1.54) is 64.2 Å². The van der Waals surface area contributed by atoms with Gasteiger partial charge in [0, 0.05) is 30.3 Å². The van der Waals surface area contributed by atoms with Crippen molar-refractivity contribution in [2.24, 2.45) is 5.92 Å². The van der Waals surface area contributed by atoms with Crippen LogP contribution in [0.15, 0.2) is 30.3 Å². The second-order valence-electron chi connectivity index (χ2n) is 9.61. The lowest BCUT2D eigenvalue weighted by atomic mass is 9.91. The number of esters is 1. The molecule has 0 heterocycles. The highest BCUT2D eigenvalue weighted by molar-refractivity contribution is 7.80. The minimum atomic E-state index is -1.13. The summed E-state index contributed by atoms with van der Waals surface area (Å²) < 4.78 is 5.10. The average molecular weight is 507 g/mol. The number of nitrogens with one attached hydrogen (secondary N) is 1. The Balaban J connectivity index is 0.000000279. The number of benzene rings is 1. The Bertz CT molecular complexity index is 748. The van der Waals surface area contributed by atoms with Crippen LogP contribution in [-0.2, 0) is 14.4 Å². The molecule has 2 aliphatic carbocycles. The second kappa shape index (κ2) is 16.6. The number of hydrogen-bond acceptors (Lipinski definition) is 6. The summed E-state index contributed by atoms with van der Waals surface area (Å²) in [6.45, 7) is 1.21. The summed E-state index contributed by atoms with van der Waals surface area (Å²) in [5.74, 6) is -1.68. The van der Waals surface area contributed by atoms with Gasteiger partial charge in [-0.05, 0) is 37.8 Å². The molecular weight excluding hydrogens is 464 g/mol. The molecule has 35 heavy (non-hydrogen) atoms. The van der Waals surface area contributed by atoms with Gasteiger partial charge in [-0.1, -0.05) is 63.6 Å². The molecule has 8 heteroatoms. The fraction of sp³-hybridized carbons (Fsp3) is 0.667. The van der Waals surface area contributed by atoms with Crippen molar-refractivity contribution in [2.45, 2.75) is 89.6 Å². The molecule has 0 spiro atoms. The van der Waals surface area contributed by atoms with E-state index in [1.807, 2.05) is 0 Å². The van der Waals surface area contributed by atoms with Crippen molar-refractivity contribution in [3.8, 4) is 5.75 Å². The Labute approximate surface area is 215 Å². The summed E-state index contributed by atoms with van der Waals surface area (Å²) in [7, 11) is 0. The molecule has 1 atom stereocenters. The largest absolute Gasteiger partial charge is 0.480 e. The molecule has 2 N–H and O–H groups in total. The van der Waals surface area contributed by atoms with Crippen molar-refractivity contribution in [2.75, 3.05) is 18.8 Å². The predicted molar refractivity (Wildman–Crippen MR) is 141 cm³/mol. The Morgan fingerprint density at radius 1 is 1.00 bits per heavy atom. The van der Waals surface area contributed by atoms with E-state index in [1.54, 1.807) is 37.3 Å². The van der Waals surface area contributed by atoms with Crippen LogP contribution in [0.2, 0.25) is 0 Å². The van der Waals surface area contributed by atoms with E-state index in [2.05, 4.69) is 17.9 Å². The van der Waals surface area contributed by atoms with Crippen LogP contribution in [0, 0.1) is 5.92 Å². The number of para-hydroxylation sites is 1. The molecule has 196 valence electrons. The third kappa shape index (κ3) is 12.0. The van der Waals surface area contributed by atoms with Gasteiger partial charge in [0.25, 0.3) is 0 Å². The minimum absolute atomic E-state index is 0.00504. The first kappa shape index (κ1) is 29.2. The molecule has 0 saturated heterocycles. The zero-order valence-corrected chi connectivity index (χ0v) is 21.9. The molecule has 0 aliphatic heterocycles. The number of hydrogen-bond donors (Lipinski definition) is 3. The van der Waals surface area contributed by atoms with Crippen LogP contribution in [0.1, 0.15) is 77.6 Å². The number of carbonyl (C=O) groups is 3. The van der Waals surface area contributed by atoms with Crippen LogP contribution in [0.4, 0.5) is 0 Å². The van der Waals surface area contributed by atoms with Crippen LogP contribution >= 0.6 is 12.6 Å². The molecule has 1 unspecified atom stereocenters. The molecule has 2 fully saturated rings. The third-order valence-corrected chi connectivity index (χ3v) is 7.12. The number of amides is 1. The van der Waals surface area contributed by atoms with Gasteiger partial charge in [-0.2, -0.15) is 12.6 Å². The smallest absolute Gasteiger partial charge is 0.323 e. The van der Waals surface area contributed by atoms with E-state index < -0.39 is 24.4 Å². The highest BCUT2D eigenvalue weighted by Crippen LogP contribution is 2.22. The number of carboxylic acids is 1. The lowest BCUT2D eigenvalue weighted by Crippen LogP contribution is -2.41. The van der Waals surface area contributed by atoms with E-state index in [-0.39, 0.29) is 18.9 Å². The molecule has 7 nitrogen and oxygen atoms in total. The average Bonchev–Trinajstić information content (AvgIpc) is 2.87. The van der Waals surface area contributed by atoms with Gasteiger partial charge >= 0.3 is 11.9 Å². The van der Waals surface area contributed by atoms with Crippen LogP contribution < -0.4 is 10.1 Å². The number of aliphatic carboxylic acids is 1. The van der Waals surface area contributed by atoms with E-state index >= 15 is 0 Å². The first-order valence-electron chi connectivity index (χ1n) is 13.0. The highest BCUT2D eigenvalue weighted by atomic mass is 32.1. The molecule has 0 aromatic heterocycles. The van der Waals surface area contributed by atoms with E-state index in [9.17, 15) is 14.4 Å². The van der Waals surface area contributed by atoms with Gasteiger partial charge in [-0.3, -0.25) is 14.4 Å². The lowest BCUT2D eigenvalue weighted by Gasteiger charge is -2.30. The quantitative estimate of drug-likeness (QED) is 0.242. The van der Waals surface area contributed by atoms with Crippen molar-refractivity contribution in [1.29, 1.82) is 0 Å². The summed E-state index contributed by atoms with van der Waals surface area (Å²) in [5.41, 5.74) is 0. The fourth-order valence-corrected chi connectivity index (χ4v) is 4.75. The van der Waals surface area contributed by atoms with Gasteiger partial charge in [0.05, 0.1) is 6.42 Å². The SMILES string of the molecule is C1CCC(NC2CCCCC2)CC1.CC(CS)C(=O)N(CCC(=O)Oc1ccccc1)CC(=O)O. The summed E-state index contributed by atoms with van der Waals surface area (Å²) in [6, 6.07) is 10.3. The van der Waals surface area contributed by atoms with Gasteiger partial charge < -0.3 is 20.1 Å². The van der Waals surface area contributed by atoms with Crippen LogP contribution in [-0.4, -0.2) is 58.8 Å². The predicted octanol–water partition coefficient (Wildman–Crippen LogP) is 4.70. The van der Waals surface area contributed by atoms with Crippen molar-refractivity contribution in [3.05, 3.63) is 30.3 Å². The van der Waals surface area contributed by atoms with Crippen LogP contribution in [0.5, 0.6) is 5.75 Å². The summed E-state index contributed by atoms with van der Waals surface area (Å²) in [4.78, 5) is 35.8. The summed E-state index contributed by atoms with van der Waals surface area (Å²) in [6.07, 6.45) is 14.5. The van der Waals surface area contributed by atoms with Crippen molar-refractivity contribution < 1.29 is 24.2 Å². The van der Waals surface area contributed by atoms with E-state index in [4.69, 9.17) is 9.84 Å². The molecule has 0 bridgehead atoms. The van der Waals surface area contributed by atoms with Gasteiger partial charge in [0.2, 0.25) is 5.91 Å². The van der Waals surface area contributed by atoms with Gasteiger partial charge in [-0.25, -0.2) is 0 Å². The number of carboxylic acid groups (broad SMARTS) is 1. The number of carbonyl (C=O) groups excluding carboxylic acids is 2. The Morgan fingerprint density at radius 3 is 2.03 bits per heavy atom. The fourth-order valence-electron chi connectivity index (χ4n) is 4.59. The second-order valence-corrected chi connectivity index (χ2v) is 9.98. The van der Waals surface area contributed by atoms with E-state index in [0.29, 0.717) is 11.5 Å². The summed E-state index contributed by atoms with van der Waals surface area (Å²) in [5, 5.41) is 12.7. The zero-order chi connectivity index (χ0) is 25.5. The first-order valence-corrected chi connectivity index (χ1v) is 13.7. The third-order valence-electron chi connectivity index (χ3n) is 6.58. The van der Waals surface area contributed by atoms with Crippen molar-refractivity contribution in [3.63, 3.8) is 0 Å². The molecule has 0 radical (unpaired) electrons. The molecule has 1 aromatic carbocycles. The zero-order valence-electron chi connectivity index (χ0n) is 21.0. The Morgan fingerprint density at radius 2 is 1.54 bits per heavy atom. The normalized spacial score (nSPS) is 17.5. The first-order chi connectivity index (χ1) is 16.9. The maximum absolute atomic E-state index is 12.0. The van der Waals surface area contributed by atoms with Crippen LogP contribution in [0.3, 0.4) is 0 Å². The molecule has 1 amide bonds. The van der Waals surface area contributed by atoms with Crippen LogP contribution in [0.25, 0.3) is 0 Å². The number of thiol groups is 1. The highest BCUT2D eigenvalue weighted by Gasteiger charge is 2.23. The van der Waals surface area contributed by atoms with Gasteiger partial charge in [0.15, 0.2) is 0 Å². The Kier molecular flexibility index (Phi) is 13.8. The molecular formula is C27H42N2O5S.